The number of thiophene rings is 1. The fourth-order valence-electron chi connectivity index (χ4n) is 1.68. The van der Waals surface area contributed by atoms with Crippen molar-refractivity contribution in [3.63, 3.8) is 0 Å². The summed E-state index contributed by atoms with van der Waals surface area (Å²) in [6.45, 7) is 4.53. The molecule has 0 aliphatic heterocycles. The second kappa shape index (κ2) is 6.38. The van der Waals surface area contributed by atoms with E-state index in [-0.39, 0.29) is 16.0 Å². The zero-order valence-corrected chi connectivity index (χ0v) is 12.1. The SMILES string of the molecule is CC(C)Oc1ccc(NCc2csc([N+](=O)[O-])c2)cc1. The molecule has 0 spiro atoms. The molecule has 0 unspecified atom stereocenters. The van der Waals surface area contributed by atoms with E-state index in [1.54, 1.807) is 11.4 Å². The topological polar surface area (TPSA) is 64.4 Å². The predicted octanol–water partition coefficient (Wildman–Crippen LogP) is 4.06. The smallest absolute Gasteiger partial charge is 0.324 e. The van der Waals surface area contributed by atoms with E-state index in [1.165, 1.54) is 0 Å². The van der Waals surface area contributed by atoms with Crippen LogP contribution in [0.1, 0.15) is 19.4 Å². The van der Waals surface area contributed by atoms with Gasteiger partial charge in [0, 0.05) is 23.7 Å². The summed E-state index contributed by atoms with van der Waals surface area (Å²) in [4.78, 5) is 10.2. The monoisotopic (exact) mass is 292 g/mol. The van der Waals surface area contributed by atoms with Crippen molar-refractivity contribution in [3.05, 3.63) is 51.4 Å². The number of hydrogen-bond donors (Lipinski definition) is 1. The average Bonchev–Trinajstić information content (AvgIpc) is 2.86. The largest absolute Gasteiger partial charge is 0.491 e. The maximum Gasteiger partial charge on any atom is 0.324 e. The first-order valence-electron chi connectivity index (χ1n) is 6.27. The van der Waals surface area contributed by atoms with E-state index >= 15 is 0 Å². The quantitative estimate of drug-likeness (QED) is 0.644. The lowest BCUT2D eigenvalue weighted by Gasteiger charge is -2.10. The number of rotatable bonds is 6. The highest BCUT2D eigenvalue weighted by atomic mass is 32.1. The standard InChI is InChI=1S/C14H16N2O3S/c1-10(2)19-13-5-3-12(4-6-13)15-8-11-7-14(16(17)18)20-9-11/h3-7,9-10,15H,8H2,1-2H3. The van der Waals surface area contributed by atoms with Gasteiger partial charge in [-0.15, -0.1) is 0 Å². The van der Waals surface area contributed by atoms with Crippen molar-refractivity contribution in [1.82, 2.24) is 0 Å². The molecule has 1 N–H and O–H groups in total. The Morgan fingerprint density at radius 2 is 2.05 bits per heavy atom. The van der Waals surface area contributed by atoms with E-state index in [1.807, 2.05) is 38.1 Å². The summed E-state index contributed by atoms with van der Waals surface area (Å²) < 4.78 is 5.56. The fraction of sp³-hybridized carbons (Fsp3) is 0.286. The second-order valence-electron chi connectivity index (χ2n) is 4.59. The van der Waals surface area contributed by atoms with Crippen LogP contribution in [-0.2, 0) is 6.54 Å². The summed E-state index contributed by atoms with van der Waals surface area (Å²) in [6, 6.07) is 9.25. The highest BCUT2D eigenvalue weighted by Crippen LogP contribution is 2.23. The van der Waals surface area contributed by atoms with Gasteiger partial charge in [0.15, 0.2) is 0 Å². The van der Waals surface area contributed by atoms with Crippen LogP contribution in [0.3, 0.4) is 0 Å². The minimum Gasteiger partial charge on any atom is -0.491 e. The zero-order valence-electron chi connectivity index (χ0n) is 11.3. The Hall–Kier alpha value is -2.08. The molecule has 20 heavy (non-hydrogen) atoms. The van der Waals surface area contributed by atoms with Crippen molar-refractivity contribution in [3.8, 4) is 5.75 Å². The third-order valence-electron chi connectivity index (χ3n) is 2.54. The normalized spacial score (nSPS) is 10.6. The minimum absolute atomic E-state index is 0.153. The Bertz CT molecular complexity index is 578. The van der Waals surface area contributed by atoms with Gasteiger partial charge in [-0.3, -0.25) is 10.1 Å². The molecule has 5 nitrogen and oxygen atoms in total. The van der Waals surface area contributed by atoms with Crippen LogP contribution in [-0.4, -0.2) is 11.0 Å². The lowest BCUT2D eigenvalue weighted by atomic mass is 10.2. The molecule has 0 aliphatic rings. The first-order chi connectivity index (χ1) is 9.54. The fourth-order valence-corrected chi connectivity index (χ4v) is 2.41. The van der Waals surface area contributed by atoms with Gasteiger partial charge in [-0.2, -0.15) is 0 Å². The molecule has 0 saturated carbocycles. The molecule has 6 heteroatoms. The molecule has 2 aromatic rings. The van der Waals surface area contributed by atoms with Gasteiger partial charge in [0.1, 0.15) is 5.75 Å². The molecule has 106 valence electrons. The van der Waals surface area contributed by atoms with Gasteiger partial charge in [-0.1, -0.05) is 11.3 Å². The van der Waals surface area contributed by atoms with Gasteiger partial charge in [-0.05, 0) is 43.7 Å². The maximum atomic E-state index is 10.6. The number of ether oxygens (including phenoxy) is 1. The molecule has 1 heterocycles. The molecule has 0 fully saturated rings. The molecular weight excluding hydrogens is 276 g/mol. The summed E-state index contributed by atoms with van der Waals surface area (Å²) in [7, 11) is 0. The lowest BCUT2D eigenvalue weighted by Crippen LogP contribution is -2.05. The predicted molar refractivity (Wildman–Crippen MR) is 80.5 cm³/mol. The molecule has 2 rings (SSSR count). The molecule has 0 atom stereocenters. The molecule has 1 aromatic heterocycles. The van der Waals surface area contributed by atoms with Crippen LogP contribution in [0.15, 0.2) is 35.7 Å². The highest BCUT2D eigenvalue weighted by molar-refractivity contribution is 7.13. The highest BCUT2D eigenvalue weighted by Gasteiger charge is 2.09. The van der Waals surface area contributed by atoms with Crippen molar-refractivity contribution in [2.45, 2.75) is 26.5 Å². The maximum absolute atomic E-state index is 10.6. The Kier molecular flexibility index (Phi) is 4.57. The number of nitro groups is 1. The van der Waals surface area contributed by atoms with Gasteiger partial charge in [0.25, 0.3) is 0 Å². The van der Waals surface area contributed by atoms with Crippen LogP contribution >= 0.6 is 11.3 Å². The molecule has 1 aromatic carbocycles. The summed E-state index contributed by atoms with van der Waals surface area (Å²) in [6.07, 6.45) is 0.153. The minimum atomic E-state index is -0.369. The third-order valence-corrected chi connectivity index (χ3v) is 3.47. The Labute approximate surface area is 121 Å². The van der Waals surface area contributed by atoms with Crippen molar-refractivity contribution in [2.24, 2.45) is 0 Å². The summed E-state index contributed by atoms with van der Waals surface area (Å²) in [5, 5.41) is 15.8. The molecular formula is C14H16N2O3S. The second-order valence-corrected chi connectivity index (χ2v) is 5.48. The third kappa shape index (κ3) is 3.96. The first-order valence-corrected chi connectivity index (χ1v) is 7.15. The molecule has 0 radical (unpaired) electrons. The average molecular weight is 292 g/mol. The summed E-state index contributed by atoms with van der Waals surface area (Å²) >= 11 is 1.14. The van der Waals surface area contributed by atoms with Crippen LogP contribution in [0.5, 0.6) is 5.75 Å². The van der Waals surface area contributed by atoms with Crippen LogP contribution < -0.4 is 10.1 Å². The van der Waals surface area contributed by atoms with Crippen molar-refractivity contribution >= 4 is 22.0 Å². The van der Waals surface area contributed by atoms with Crippen LogP contribution in [0, 0.1) is 10.1 Å². The van der Waals surface area contributed by atoms with E-state index in [0.717, 1.165) is 28.3 Å². The van der Waals surface area contributed by atoms with Crippen molar-refractivity contribution in [2.75, 3.05) is 5.32 Å². The molecule has 0 saturated heterocycles. The molecule has 0 amide bonds. The summed E-state index contributed by atoms with van der Waals surface area (Å²) in [5.41, 5.74) is 1.86. The molecule has 0 bridgehead atoms. The van der Waals surface area contributed by atoms with E-state index < -0.39 is 0 Å². The van der Waals surface area contributed by atoms with Gasteiger partial charge >= 0.3 is 5.00 Å². The van der Waals surface area contributed by atoms with E-state index in [2.05, 4.69) is 5.32 Å². The first kappa shape index (κ1) is 14.3. The van der Waals surface area contributed by atoms with Crippen molar-refractivity contribution < 1.29 is 9.66 Å². The van der Waals surface area contributed by atoms with Crippen LogP contribution in [0.25, 0.3) is 0 Å². The van der Waals surface area contributed by atoms with Gasteiger partial charge < -0.3 is 10.1 Å². The Morgan fingerprint density at radius 1 is 1.35 bits per heavy atom. The van der Waals surface area contributed by atoms with Crippen molar-refractivity contribution in [1.29, 1.82) is 0 Å². The number of nitrogens with one attached hydrogen (secondary N) is 1. The number of hydrogen-bond acceptors (Lipinski definition) is 5. The number of benzene rings is 1. The number of nitrogens with zero attached hydrogens (tertiary/aromatic N) is 1. The van der Waals surface area contributed by atoms with Gasteiger partial charge in [-0.25, -0.2) is 0 Å². The zero-order chi connectivity index (χ0) is 14.5. The van der Waals surface area contributed by atoms with Crippen LogP contribution in [0.2, 0.25) is 0 Å². The van der Waals surface area contributed by atoms with E-state index in [4.69, 9.17) is 4.74 Å². The Morgan fingerprint density at radius 3 is 2.60 bits per heavy atom. The van der Waals surface area contributed by atoms with Gasteiger partial charge in [0.2, 0.25) is 0 Å². The Balaban J connectivity index is 1.91. The lowest BCUT2D eigenvalue weighted by molar-refractivity contribution is -0.380. The van der Waals surface area contributed by atoms with Crippen LogP contribution in [0.4, 0.5) is 10.7 Å². The summed E-state index contributed by atoms with van der Waals surface area (Å²) in [5.74, 6) is 0.830. The molecule has 0 aliphatic carbocycles. The van der Waals surface area contributed by atoms with E-state index in [9.17, 15) is 10.1 Å². The van der Waals surface area contributed by atoms with Gasteiger partial charge in [0.05, 0.1) is 11.0 Å². The van der Waals surface area contributed by atoms with E-state index in [0.29, 0.717) is 6.54 Å². The number of anilines is 1.